The van der Waals surface area contributed by atoms with Crippen LogP contribution in [0.1, 0.15) is 5.56 Å². The fourth-order valence-corrected chi connectivity index (χ4v) is 3.02. The number of nitrogens with zero attached hydrogens (tertiary/aromatic N) is 2. The number of aromatic nitrogens is 3. The number of hydrogen-bond donors (Lipinski definition) is 2. The Morgan fingerprint density at radius 3 is 2.92 bits per heavy atom. The number of H-pyrrole nitrogens is 1. The first-order chi connectivity index (χ1) is 11.8. The number of imidazole rings is 1. The Kier molecular flexibility index (Phi) is 3.75. The molecule has 2 N–H and O–H groups in total. The highest BCUT2D eigenvalue weighted by Gasteiger charge is 2.07. The first-order valence-electron chi connectivity index (χ1n) is 8.03. The number of amides is 1. The molecule has 4 aromatic rings. The summed E-state index contributed by atoms with van der Waals surface area (Å²) in [5, 5.41) is 4.20. The molecule has 120 valence electrons. The van der Waals surface area contributed by atoms with E-state index in [-0.39, 0.29) is 12.5 Å². The summed E-state index contributed by atoms with van der Waals surface area (Å²) >= 11 is 0. The Hall–Kier alpha value is -3.08. The van der Waals surface area contributed by atoms with E-state index in [4.69, 9.17) is 0 Å². The van der Waals surface area contributed by atoms with Gasteiger partial charge in [-0.25, -0.2) is 4.98 Å². The summed E-state index contributed by atoms with van der Waals surface area (Å²) in [6.07, 6.45) is 4.53. The lowest BCUT2D eigenvalue weighted by molar-refractivity contribution is -0.121. The van der Waals surface area contributed by atoms with Gasteiger partial charge in [0.25, 0.3) is 0 Å². The molecule has 0 spiro atoms. The zero-order chi connectivity index (χ0) is 16.4. The standard InChI is InChI=1S/C19H18N4O/c24-19(12-23-13-22-17-7-3-4-8-18(17)23)20-10-9-14-11-21-16-6-2-1-5-15(14)16/h1-8,11,13,21H,9-10,12H2,(H,20,24). The highest BCUT2D eigenvalue weighted by atomic mass is 16.1. The predicted octanol–water partition coefficient (Wildman–Crippen LogP) is 2.88. The third kappa shape index (κ3) is 2.76. The van der Waals surface area contributed by atoms with Gasteiger partial charge >= 0.3 is 0 Å². The molecule has 0 radical (unpaired) electrons. The lowest BCUT2D eigenvalue weighted by Crippen LogP contribution is -2.29. The van der Waals surface area contributed by atoms with Gasteiger partial charge in [0.05, 0.1) is 17.4 Å². The van der Waals surface area contributed by atoms with E-state index in [1.165, 1.54) is 10.9 Å². The van der Waals surface area contributed by atoms with E-state index in [1.807, 2.05) is 47.2 Å². The van der Waals surface area contributed by atoms with Crippen LogP contribution in [0.5, 0.6) is 0 Å². The smallest absolute Gasteiger partial charge is 0.240 e. The van der Waals surface area contributed by atoms with Gasteiger partial charge in [0.2, 0.25) is 5.91 Å². The van der Waals surface area contributed by atoms with Crippen LogP contribution in [0.3, 0.4) is 0 Å². The maximum absolute atomic E-state index is 12.2. The van der Waals surface area contributed by atoms with Crippen molar-refractivity contribution in [3.8, 4) is 0 Å². The number of carbonyl (C=O) groups excluding carboxylic acids is 1. The highest BCUT2D eigenvalue weighted by Crippen LogP contribution is 2.17. The van der Waals surface area contributed by atoms with Crippen molar-refractivity contribution in [2.75, 3.05) is 6.54 Å². The molecule has 0 aliphatic rings. The molecule has 0 aliphatic carbocycles. The van der Waals surface area contributed by atoms with Crippen LogP contribution in [0.25, 0.3) is 21.9 Å². The third-order valence-corrected chi connectivity index (χ3v) is 4.23. The summed E-state index contributed by atoms with van der Waals surface area (Å²) in [5.74, 6) is -0.00186. The van der Waals surface area contributed by atoms with Gasteiger partial charge in [0.15, 0.2) is 0 Å². The molecule has 0 saturated heterocycles. The Morgan fingerprint density at radius 1 is 1.12 bits per heavy atom. The molecule has 4 rings (SSSR count). The van der Waals surface area contributed by atoms with Crippen LogP contribution < -0.4 is 5.32 Å². The molecule has 0 fully saturated rings. The monoisotopic (exact) mass is 318 g/mol. The first kappa shape index (κ1) is 14.5. The Labute approximate surface area is 139 Å². The lowest BCUT2D eigenvalue weighted by Gasteiger charge is -2.06. The molecule has 2 heterocycles. The van der Waals surface area contributed by atoms with Crippen molar-refractivity contribution in [2.45, 2.75) is 13.0 Å². The van der Waals surface area contributed by atoms with E-state index >= 15 is 0 Å². The highest BCUT2D eigenvalue weighted by molar-refractivity contribution is 5.83. The summed E-state index contributed by atoms with van der Waals surface area (Å²) in [6.45, 7) is 0.904. The van der Waals surface area contributed by atoms with Crippen LogP contribution in [-0.4, -0.2) is 27.0 Å². The van der Waals surface area contributed by atoms with E-state index in [0.717, 1.165) is 23.0 Å². The average Bonchev–Trinajstić information content (AvgIpc) is 3.20. The van der Waals surface area contributed by atoms with Crippen molar-refractivity contribution in [3.05, 3.63) is 66.6 Å². The molecule has 1 amide bonds. The largest absolute Gasteiger partial charge is 0.361 e. The van der Waals surface area contributed by atoms with Crippen molar-refractivity contribution < 1.29 is 4.79 Å². The van der Waals surface area contributed by atoms with Crippen LogP contribution in [-0.2, 0) is 17.8 Å². The van der Waals surface area contributed by atoms with Gasteiger partial charge in [0, 0.05) is 23.6 Å². The zero-order valence-corrected chi connectivity index (χ0v) is 13.2. The number of aromatic amines is 1. The number of rotatable bonds is 5. The Bertz CT molecular complexity index is 999. The Balaban J connectivity index is 1.37. The topological polar surface area (TPSA) is 62.7 Å². The molecular weight excluding hydrogens is 300 g/mol. The van der Waals surface area contributed by atoms with Gasteiger partial charge in [-0.1, -0.05) is 30.3 Å². The van der Waals surface area contributed by atoms with Crippen molar-refractivity contribution in [1.29, 1.82) is 0 Å². The lowest BCUT2D eigenvalue weighted by atomic mass is 10.1. The van der Waals surface area contributed by atoms with Crippen molar-refractivity contribution in [3.63, 3.8) is 0 Å². The molecule has 5 nitrogen and oxygen atoms in total. The zero-order valence-electron chi connectivity index (χ0n) is 13.2. The molecule has 0 bridgehead atoms. The molecule has 0 aliphatic heterocycles. The van der Waals surface area contributed by atoms with Crippen LogP contribution in [0.2, 0.25) is 0 Å². The number of hydrogen-bond acceptors (Lipinski definition) is 2. The SMILES string of the molecule is O=C(Cn1cnc2ccccc21)NCCc1c[nH]c2ccccc12. The number of carbonyl (C=O) groups is 1. The van der Waals surface area contributed by atoms with E-state index < -0.39 is 0 Å². The van der Waals surface area contributed by atoms with Gasteiger partial charge in [-0.05, 0) is 30.2 Å². The van der Waals surface area contributed by atoms with Gasteiger partial charge in [-0.3, -0.25) is 4.79 Å². The summed E-state index contributed by atoms with van der Waals surface area (Å²) in [5.41, 5.74) is 4.23. The van der Waals surface area contributed by atoms with Crippen LogP contribution >= 0.6 is 0 Å². The molecular formula is C19H18N4O. The Morgan fingerprint density at radius 2 is 1.96 bits per heavy atom. The maximum atomic E-state index is 12.2. The second-order valence-corrected chi connectivity index (χ2v) is 5.82. The minimum Gasteiger partial charge on any atom is -0.361 e. The van der Waals surface area contributed by atoms with E-state index in [0.29, 0.717) is 6.54 Å². The first-order valence-corrected chi connectivity index (χ1v) is 8.03. The minimum atomic E-state index is -0.00186. The van der Waals surface area contributed by atoms with Gasteiger partial charge < -0.3 is 14.9 Å². The van der Waals surface area contributed by atoms with Gasteiger partial charge in [0.1, 0.15) is 6.54 Å². The van der Waals surface area contributed by atoms with Crippen LogP contribution in [0.4, 0.5) is 0 Å². The summed E-state index contributed by atoms with van der Waals surface area (Å²) in [6, 6.07) is 16.0. The van der Waals surface area contributed by atoms with E-state index in [1.54, 1.807) is 6.33 Å². The number of nitrogens with one attached hydrogen (secondary N) is 2. The van der Waals surface area contributed by atoms with Crippen molar-refractivity contribution in [2.24, 2.45) is 0 Å². The van der Waals surface area contributed by atoms with Crippen LogP contribution in [0.15, 0.2) is 61.1 Å². The fraction of sp³-hybridized carbons (Fsp3) is 0.158. The second-order valence-electron chi connectivity index (χ2n) is 5.82. The molecule has 24 heavy (non-hydrogen) atoms. The summed E-state index contributed by atoms with van der Waals surface area (Å²) in [4.78, 5) is 19.7. The summed E-state index contributed by atoms with van der Waals surface area (Å²) in [7, 11) is 0. The van der Waals surface area contributed by atoms with Gasteiger partial charge in [-0.2, -0.15) is 0 Å². The number of fused-ring (bicyclic) bond motifs is 2. The van der Waals surface area contributed by atoms with E-state index in [2.05, 4.69) is 27.4 Å². The molecule has 5 heteroatoms. The summed E-state index contributed by atoms with van der Waals surface area (Å²) < 4.78 is 1.87. The van der Waals surface area contributed by atoms with Gasteiger partial charge in [-0.15, -0.1) is 0 Å². The molecule has 2 aromatic carbocycles. The normalized spacial score (nSPS) is 11.2. The molecule has 0 saturated carbocycles. The van der Waals surface area contributed by atoms with Crippen molar-refractivity contribution >= 4 is 27.8 Å². The maximum Gasteiger partial charge on any atom is 0.240 e. The predicted molar refractivity (Wildman–Crippen MR) is 94.7 cm³/mol. The fourth-order valence-electron chi connectivity index (χ4n) is 3.02. The quantitative estimate of drug-likeness (QED) is 0.594. The molecule has 0 atom stereocenters. The molecule has 0 unspecified atom stereocenters. The van der Waals surface area contributed by atoms with Crippen molar-refractivity contribution in [1.82, 2.24) is 19.9 Å². The number of para-hydroxylation sites is 3. The average molecular weight is 318 g/mol. The third-order valence-electron chi connectivity index (χ3n) is 4.23. The second kappa shape index (κ2) is 6.20. The molecule has 2 aromatic heterocycles. The number of benzene rings is 2. The van der Waals surface area contributed by atoms with Crippen LogP contribution in [0, 0.1) is 0 Å². The van der Waals surface area contributed by atoms with E-state index in [9.17, 15) is 4.79 Å². The minimum absolute atomic E-state index is 0.00186.